The topological polar surface area (TPSA) is 137 Å². The van der Waals surface area contributed by atoms with Gasteiger partial charge in [-0.1, -0.05) is 11.3 Å². The summed E-state index contributed by atoms with van der Waals surface area (Å²) in [5, 5.41) is 21.3. The molecule has 0 radical (unpaired) electrons. The molecular formula is C22H24F2N8O3S2. The van der Waals surface area contributed by atoms with Gasteiger partial charge in [-0.25, -0.2) is 21.9 Å². The Labute approximate surface area is 215 Å². The van der Waals surface area contributed by atoms with Crippen LogP contribution < -0.4 is 9.62 Å². The fourth-order valence-corrected chi connectivity index (χ4v) is 6.55. The van der Waals surface area contributed by atoms with Crippen LogP contribution in [0, 0.1) is 17.2 Å². The molecule has 1 N–H and O–H groups in total. The van der Waals surface area contributed by atoms with E-state index in [4.69, 9.17) is 0 Å². The summed E-state index contributed by atoms with van der Waals surface area (Å²) >= 11 is 0.663. The number of nitriles is 1. The van der Waals surface area contributed by atoms with Gasteiger partial charge in [-0.3, -0.25) is 4.79 Å². The first-order valence-electron chi connectivity index (χ1n) is 11.6. The lowest BCUT2D eigenvalue weighted by Gasteiger charge is -2.34. The van der Waals surface area contributed by atoms with Gasteiger partial charge < -0.3 is 9.80 Å². The summed E-state index contributed by atoms with van der Waals surface area (Å²) in [5.74, 6) is -0.0759. The van der Waals surface area contributed by atoms with E-state index in [1.54, 1.807) is 19.0 Å². The number of rotatable bonds is 7. The molecule has 15 heteroatoms. The molecule has 2 aromatic heterocycles. The first-order chi connectivity index (χ1) is 17.5. The standard InChI is InChI=1S/C22H24F2N8O3S2/c1-30(2)20(33)13-3-7-31(8-4-13)16-9-14(37(34,35)29-22(12-25)5-6-22)10-17-15(16)11-26-32(17)21-28-27-19(36-21)18(23)24/h9-11,13,18,29H,3-8H2,1-2H3. The minimum Gasteiger partial charge on any atom is -0.371 e. The van der Waals surface area contributed by atoms with Crippen LogP contribution in [-0.2, 0) is 14.8 Å². The smallest absolute Gasteiger partial charge is 0.291 e. The number of hydrogen-bond acceptors (Lipinski definition) is 9. The largest absolute Gasteiger partial charge is 0.371 e. The van der Waals surface area contributed by atoms with Gasteiger partial charge in [0.1, 0.15) is 5.54 Å². The predicted octanol–water partition coefficient (Wildman–Crippen LogP) is 2.45. The Morgan fingerprint density at radius 3 is 2.54 bits per heavy atom. The number of alkyl halides is 2. The molecule has 11 nitrogen and oxygen atoms in total. The lowest BCUT2D eigenvalue weighted by molar-refractivity contribution is -0.133. The highest BCUT2D eigenvalue weighted by Gasteiger charge is 2.47. The van der Waals surface area contributed by atoms with Gasteiger partial charge in [-0.15, -0.1) is 10.2 Å². The molecule has 1 aliphatic carbocycles. The number of aromatic nitrogens is 4. The van der Waals surface area contributed by atoms with Gasteiger partial charge in [0, 0.05) is 44.2 Å². The van der Waals surface area contributed by atoms with Crippen LogP contribution in [0.1, 0.15) is 37.1 Å². The van der Waals surface area contributed by atoms with Gasteiger partial charge in [0.2, 0.25) is 21.1 Å². The number of carbonyl (C=O) groups is 1. The quantitative estimate of drug-likeness (QED) is 0.474. The first-order valence-corrected chi connectivity index (χ1v) is 13.9. The van der Waals surface area contributed by atoms with Crippen molar-refractivity contribution in [2.45, 2.75) is 42.5 Å². The Morgan fingerprint density at radius 2 is 1.97 bits per heavy atom. The monoisotopic (exact) mass is 550 g/mol. The minimum atomic E-state index is -4.09. The van der Waals surface area contributed by atoms with Crippen LogP contribution >= 0.6 is 11.3 Å². The first kappa shape index (κ1) is 25.4. The molecule has 1 saturated carbocycles. The zero-order valence-electron chi connectivity index (χ0n) is 20.1. The molecule has 0 atom stereocenters. The number of halogens is 2. The predicted molar refractivity (Wildman–Crippen MR) is 131 cm³/mol. The van der Waals surface area contributed by atoms with Gasteiger partial charge in [0.25, 0.3) is 6.43 Å². The van der Waals surface area contributed by atoms with Crippen LogP contribution in [0.25, 0.3) is 16.0 Å². The third kappa shape index (κ3) is 4.76. The van der Waals surface area contributed by atoms with Crippen molar-refractivity contribution in [3.05, 3.63) is 23.3 Å². The molecule has 1 aliphatic heterocycles. The highest BCUT2D eigenvalue weighted by Crippen LogP contribution is 2.39. The second-order valence-corrected chi connectivity index (χ2v) is 12.1. The van der Waals surface area contributed by atoms with Gasteiger partial charge in [0.15, 0.2) is 5.01 Å². The second-order valence-electron chi connectivity index (χ2n) is 9.45. The van der Waals surface area contributed by atoms with E-state index in [-0.39, 0.29) is 21.9 Å². The minimum absolute atomic E-state index is 0.0514. The molecule has 0 bridgehead atoms. The summed E-state index contributed by atoms with van der Waals surface area (Å²) in [6.07, 6.45) is 0.762. The zero-order valence-corrected chi connectivity index (χ0v) is 21.7. The number of nitrogens with zero attached hydrogens (tertiary/aromatic N) is 7. The second kappa shape index (κ2) is 9.26. The Kier molecular flexibility index (Phi) is 6.37. The third-order valence-corrected chi connectivity index (χ3v) is 9.09. The maximum Gasteiger partial charge on any atom is 0.291 e. The van der Waals surface area contributed by atoms with Gasteiger partial charge in [-0.2, -0.15) is 15.1 Å². The number of carbonyl (C=O) groups excluding carboxylic acids is 1. The van der Waals surface area contributed by atoms with E-state index in [2.05, 4.69) is 20.0 Å². The average molecular weight is 551 g/mol. The van der Waals surface area contributed by atoms with Crippen molar-refractivity contribution < 1.29 is 22.0 Å². The van der Waals surface area contributed by atoms with Gasteiger partial charge >= 0.3 is 0 Å². The van der Waals surface area contributed by atoms with E-state index in [1.807, 2.05) is 11.0 Å². The van der Waals surface area contributed by atoms with Gasteiger partial charge in [0.05, 0.1) is 22.7 Å². The van der Waals surface area contributed by atoms with Crippen LogP contribution in [0.4, 0.5) is 14.5 Å². The number of fused-ring (bicyclic) bond motifs is 1. The molecule has 1 amide bonds. The number of benzene rings is 1. The van der Waals surface area contributed by atoms with Crippen molar-refractivity contribution in [3.63, 3.8) is 0 Å². The number of piperidine rings is 1. The van der Waals surface area contributed by atoms with Crippen molar-refractivity contribution >= 4 is 43.9 Å². The molecule has 2 fully saturated rings. The Bertz CT molecular complexity index is 1500. The van der Waals surface area contributed by atoms with Crippen molar-refractivity contribution in [3.8, 4) is 11.2 Å². The van der Waals surface area contributed by atoms with E-state index in [9.17, 15) is 27.3 Å². The molecule has 3 aromatic rings. The number of sulfonamides is 1. The van der Waals surface area contributed by atoms with Crippen molar-refractivity contribution in [2.75, 3.05) is 32.1 Å². The molecule has 1 aromatic carbocycles. The lowest BCUT2D eigenvalue weighted by Crippen LogP contribution is -2.40. The van der Waals surface area contributed by atoms with Crippen LogP contribution in [-0.4, -0.2) is 71.9 Å². The Hall–Kier alpha value is -3.22. The van der Waals surface area contributed by atoms with Crippen molar-refractivity contribution in [1.29, 1.82) is 5.26 Å². The van der Waals surface area contributed by atoms with Crippen molar-refractivity contribution in [1.82, 2.24) is 29.6 Å². The van der Waals surface area contributed by atoms with Crippen LogP contribution in [0.3, 0.4) is 0 Å². The van der Waals surface area contributed by atoms with Gasteiger partial charge in [-0.05, 0) is 37.8 Å². The average Bonchev–Trinajstić information content (AvgIpc) is 3.26. The summed E-state index contributed by atoms with van der Waals surface area (Å²) in [5.41, 5.74) is -0.187. The Balaban J connectivity index is 1.57. The number of hydrogen-bond donors (Lipinski definition) is 1. The summed E-state index contributed by atoms with van der Waals surface area (Å²) in [6, 6.07) is 4.95. The Morgan fingerprint density at radius 1 is 1.27 bits per heavy atom. The molecule has 37 heavy (non-hydrogen) atoms. The van der Waals surface area contributed by atoms with Crippen LogP contribution in [0.15, 0.2) is 23.2 Å². The molecule has 5 rings (SSSR count). The molecule has 1 saturated heterocycles. The van der Waals surface area contributed by atoms with Crippen LogP contribution in [0.2, 0.25) is 0 Å². The van der Waals surface area contributed by atoms with Crippen LogP contribution in [0.5, 0.6) is 0 Å². The molecular weight excluding hydrogens is 526 g/mol. The number of nitrogens with one attached hydrogen (secondary N) is 1. The number of anilines is 1. The maximum atomic E-state index is 13.3. The van der Waals surface area contributed by atoms with E-state index in [0.29, 0.717) is 66.7 Å². The molecule has 0 spiro atoms. The third-order valence-electron chi connectivity index (χ3n) is 6.67. The van der Waals surface area contributed by atoms with E-state index < -0.39 is 27.0 Å². The van der Waals surface area contributed by atoms with E-state index >= 15 is 0 Å². The van der Waals surface area contributed by atoms with Crippen molar-refractivity contribution in [2.24, 2.45) is 5.92 Å². The van der Waals surface area contributed by atoms with E-state index in [1.165, 1.54) is 23.0 Å². The summed E-state index contributed by atoms with van der Waals surface area (Å²) in [7, 11) is -0.660. The molecule has 2 aliphatic rings. The summed E-state index contributed by atoms with van der Waals surface area (Å²) in [6.45, 7) is 1.02. The molecule has 3 heterocycles. The highest BCUT2D eigenvalue weighted by molar-refractivity contribution is 7.89. The summed E-state index contributed by atoms with van der Waals surface area (Å²) < 4.78 is 56.7. The summed E-state index contributed by atoms with van der Waals surface area (Å²) in [4.78, 5) is 15.9. The SMILES string of the molecule is CN(C)C(=O)C1CCN(c2cc(S(=O)(=O)NC3(C#N)CC3)cc3c2cnn3-c2nnc(C(F)F)s2)CC1. The number of amides is 1. The van der Waals surface area contributed by atoms with E-state index in [0.717, 1.165) is 0 Å². The fraction of sp³-hybridized carbons (Fsp3) is 0.500. The molecule has 196 valence electrons. The molecule has 0 unspecified atom stereocenters. The highest BCUT2D eigenvalue weighted by atomic mass is 32.2. The fourth-order valence-electron chi connectivity index (χ4n) is 4.46. The normalized spacial score (nSPS) is 17.8. The maximum absolute atomic E-state index is 13.3. The lowest BCUT2D eigenvalue weighted by atomic mass is 9.95. The zero-order chi connectivity index (χ0) is 26.5.